The first-order valence-electron chi connectivity index (χ1n) is 4.83. The van der Waals surface area contributed by atoms with E-state index < -0.39 is 27.9 Å². The lowest BCUT2D eigenvalue weighted by Crippen LogP contribution is -2.38. The highest BCUT2D eigenvalue weighted by atomic mass is 32.2. The molecule has 0 bridgehead atoms. The van der Waals surface area contributed by atoms with Crippen molar-refractivity contribution >= 4 is 33.2 Å². The quantitative estimate of drug-likeness (QED) is 0.699. The van der Waals surface area contributed by atoms with Gasteiger partial charge in [-0.2, -0.15) is 4.72 Å². The summed E-state index contributed by atoms with van der Waals surface area (Å²) in [6, 6.07) is -0.0428. The number of sulfonamides is 1. The van der Waals surface area contributed by atoms with Crippen molar-refractivity contribution in [2.24, 2.45) is 0 Å². The molecule has 0 unspecified atom stereocenters. The molecule has 18 heavy (non-hydrogen) atoms. The number of hydrogen-bond acceptors (Lipinski definition) is 5. The maximum atomic E-state index is 11.8. The first-order chi connectivity index (χ1) is 8.27. The summed E-state index contributed by atoms with van der Waals surface area (Å²) >= 11 is 0.966. The normalized spacial score (nSPS) is 13.0. The van der Waals surface area contributed by atoms with E-state index in [0.717, 1.165) is 11.3 Å². The van der Waals surface area contributed by atoms with E-state index in [1.807, 2.05) is 4.72 Å². The van der Waals surface area contributed by atoms with Crippen LogP contribution in [0.15, 0.2) is 16.3 Å². The highest BCUT2D eigenvalue weighted by Crippen LogP contribution is 2.19. The molecule has 1 heterocycles. The van der Waals surface area contributed by atoms with Gasteiger partial charge in [0.1, 0.15) is 6.04 Å². The maximum Gasteiger partial charge on any atom is 0.321 e. The Morgan fingerprint density at radius 2 is 2.06 bits per heavy atom. The number of thiophene rings is 1. The first kappa shape index (κ1) is 14.6. The molecule has 0 saturated carbocycles. The second-order valence-corrected chi connectivity index (χ2v) is 6.03. The zero-order chi connectivity index (χ0) is 13.9. The van der Waals surface area contributed by atoms with Gasteiger partial charge in [0.05, 0.1) is 9.77 Å². The highest BCUT2D eigenvalue weighted by Gasteiger charge is 2.23. The fourth-order valence-corrected chi connectivity index (χ4v) is 3.47. The van der Waals surface area contributed by atoms with Crippen LogP contribution < -0.4 is 10.0 Å². The predicted molar refractivity (Wildman–Crippen MR) is 65.1 cm³/mol. The second-order valence-electron chi connectivity index (χ2n) is 3.41. The molecule has 0 radical (unpaired) electrons. The van der Waals surface area contributed by atoms with E-state index in [1.165, 1.54) is 25.4 Å². The molecule has 1 rings (SSSR count). The maximum absolute atomic E-state index is 11.8. The van der Waals surface area contributed by atoms with Crippen LogP contribution in [-0.2, 0) is 14.8 Å². The Hall–Kier alpha value is -1.45. The monoisotopic (exact) mass is 292 g/mol. The molecule has 0 aromatic carbocycles. The summed E-state index contributed by atoms with van der Waals surface area (Å²) in [6.07, 6.45) is 0. The second kappa shape index (κ2) is 5.46. The number of nitrogens with one attached hydrogen (secondary N) is 2. The van der Waals surface area contributed by atoms with E-state index in [9.17, 15) is 18.0 Å². The molecule has 0 aliphatic carbocycles. The van der Waals surface area contributed by atoms with E-state index in [0.29, 0.717) is 0 Å². The van der Waals surface area contributed by atoms with Crippen LogP contribution >= 0.6 is 11.3 Å². The van der Waals surface area contributed by atoms with Gasteiger partial charge in [-0.25, -0.2) is 8.42 Å². The average Bonchev–Trinajstić information content (AvgIpc) is 2.77. The van der Waals surface area contributed by atoms with Crippen molar-refractivity contribution < 1.29 is 23.1 Å². The van der Waals surface area contributed by atoms with Crippen LogP contribution in [0, 0.1) is 0 Å². The summed E-state index contributed by atoms with van der Waals surface area (Å²) in [4.78, 5) is 22.0. The van der Waals surface area contributed by atoms with Gasteiger partial charge in [0, 0.05) is 12.4 Å². The lowest BCUT2D eigenvalue weighted by Gasteiger charge is -2.08. The standard InChI is InChI=1S/C9H12N2O5S2/c1-5(9(13)14)11-18(15,16)6-3-7(17-4-6)8(12)10-2/h3-5,11H,1-2H3,(H,10,12)(H,13,14)/t5-/m1/s1. The van der Waals surface area contributed by atoms with Crippen molar-refractivity contribution in [3.63, 3.8) is 0 Å². The minimum absolute atomic E-state index is 0.126. The molecule has 1 aromatic heterocycles. The zero-order valence-corrected chi connectivity index (χ0v) is 11.3. The number of rotatable bonds is 5. The molecule has 0 spiro atoms. The van der Waals surface area contributed by atoms with Crippen LogP contribution in [0.4, 0.5) is 0 Å². The number of aliphatic carboxylic acids is 1. The largest absolute Gasteiger partial charge is 0.480 e. The minimum Gasteiger partial charge on any atom is -0.480 e. The number of carboxylic acids is 1. The van der Waals surface area contributed by atoms with Gasteiger partial charge < -0.3 is 10.4 Å². The number of carbonyl (C=O) groups excluding carboxylic acids is 1. The molecule has 9 heteroatoms. The number of carbonyl (C=O) groups is 2. The smallest absolute Gasteiger partial charge is 0.321 e. The molecule has 0 aliphatic heterocycles. The van der Waals surface area contributed by atoms with Gasteiger partial charge in [-0.1, -0.05) is 0 Å². The lowest BCUT2D eigenvalue weighted by molar-refractivity contribution is -0.138. The van der Waals surface area contributed by atoms with Crippen LogP contribution in [0.25, 0.3) is 0 Å². The fraction of sp³-hybridized carbons (Fsp3) is 0.333. The van der Waals surface area contributed by atoms with Gasteiger partial charge in [-0.15, -0.1) is 11.3 Å². The van der Waals surface area contributed by atoms with Crippen LogP contribution in [-0.4, -0.2) is 38.5 Å². The molecular formula is C9H12N2O5S2. The van der Waals surface area contributed by atoms with Gasteiger partial charge >= 0.3 is 5.97 Å². The molecule has 1 aromatic rings. The van der Waals surface area contributed by atoms with E-state index in [4.69, 9.17) is 5.11 Å². The predicted octanol–water partition coefficient (Wildman–Crippen LogP) is -0.141. The van der Waals surface area contributed by atoms with Crippen molar-refractivity contribution in [1.82, 2.24) is 10.0 Å². The average molecular weight is 292 g/mol. The molecular weight excluding hydrogens is 280 g/mol. The van der Waals surface area contributed by atoms with Crippen molar-refractivity contribution in [2.45, 2.75) is 17.9 Å². The third-order valence-electron chi connectivity index (χ3n) is 2.04. The summed E-state index contributed by atoms with van der Waals surface area (Å²) < 4.78 is 25.5. The van der Waals surface area contributed by atoms with Crippen LogP contribution in [0.3, 0.4) is 0 Å². The molecule has 0 fully saturated rings. The Morgan fingerprint density at radius 3 is 2.56 bits per heavy atom. The van der Waals surface area contributed by atoms with Crippen LogP contribution in [0.2, 0.25) is 0 Å². The number of amides is 1. The third-order valence-corrected chi connectivity index (χ3v) is 4.64. The topological polar surface area (TPSA) is 113 Å². The van der Waals surface area contributed by atoms with Crippen molar-refractivity contribution in [3.05, 3.63) is 16.3 Å². The third kappa shape index (κ3) is 3.28. The highest BCUT2D eigenvalue weighted by molar-refractivity contribution is 7.89. The summed E-state index contributed by atoms with van der Waals surface area (Å²) in [5.41, 5.74) is 0. The zero-order valence-electron chi connectivity index (χ0n) is 9.63. The van der Waals surface area contributed by atoms with E-state index >= 15 is 0 Å². The molecule has 0 aliphatic rings. The summed E-state index contributed by atoms with van der Waals surface area (Å²) in [7, 11) is -2.49. The van der Waals surface area contributed by atoms with Crippen LogP contribution in [0.5, 0.6) is 0 Å². The van der Waals surface area contributed by atoms with E-state index in [2.05, 4.69) is 5.32 Å². The molecule has 0 saturated heterocycles. The summed E-state index contributed by atoms with van der Waals surface area (Å²) in [6.45, 7) is 1.21. The Labute approximate surface area is 108 Å². The van der Waals surface area contributed by atoms with Gasteiger partial charge in [0.2, 0.25) is 10.0 Å². The van der Waals surface area contributed by atoms with Crippen molar-refractivity contribution in [3.8, 4) is 0 Å². The van der Waals surface area contributed by atoms with Crippen LogP contribution in [0.1, 0.15) is 16.6 Å². The molecule has 1 atom stereocenters. The van der Waals surface area contributed by atoms with Gasteiger partial charge in [-0.3, -0.25) is 9.59 Å². The molecule has 3 N–H and O–H groups in total. The summed E-state index contributed by atoms with van der Waals surface area (Å²) in [5, 5.41) is 12.3. The Balaban J connectivity index is 2.96. The van der Waals surface area contributed by atoms with E-state index in [1.54, 1.807) is 0 Å². The van der Waals surface area contributed by atoms with Gasteiger partial charge in [0.15, 0.2) is 0 Å². The Bertz CT molecular complexity index is 563. The fourth-order valence-electron chi connectivity index (χ4n) is 1.05. The molecule has 7 nitrogen and oxygen atoms in total. The molecule has 1 amide bonds. The summed E-state index contributed by atoms with van der Waals surface area (Å²) in [5.74, 6) is -1.67. The van der Waals surface area contributed by atoms with Crippen molar-refractivity contribution in [1.29, 1.82) is 0 Å². The molecule has 100 valence electrons. The van der Waals surface area contributed by atoms with Gasteiger partial charge in [0.25, 0.3) is 5.91 Å². The Kier molecular flexibility index (Phi) is 4.43. The lowest BCUT2D eigenvalue weighted by atomic mass is 10.4. The van der Waals surface area contributed by atoms with Crippen molar-refractivity contribution in [2.75, 3.05) is 7.05 Å². The number of carboxylic acid groups (broad SMARTS) is 1. The van der Waals surface area contributed by atoms with E-state index in [-0.39, 0.29) is 9.77 Å². The van der Waals surface area contributed by atoms with Gasteiger partial charge in [-0.05, 0) is 13.0 Å². The minimum atomic E-state index is -3.93. The Morgan fingerprint density at radius 1 is 1.44 bits per heavy atom. The SMILES string of the molecule is CNC(=O)c1cc(S(=O)(=O)N[C@H](C)C(=O)O)cs1. The first-order valence-corrected chi connectivity index (χ1v) is 7.20. The number of hydrogen-bond donors (Lipinski definition) is 3.